The van der Waals surface area contributed by atoms with E-state index in [1.807, 2.05) is 11.6 Å². The quantitative estimate of drug-likeness (QED) is 0.449. The van der Waals surface area contributed by atoms with Gasteiger partial charge in [0.2, 0.25) is 0 Å². The molecule has 1 aromatic carbocycles. The number of piperidine rings is 1. The largest absolute Gasteiger partial charge is 0.491 e. The summed E-state index contributed by atoms with van der Waals surface area (Å²) in [5, 5.41) is 4.60. The number of imidazole rings is 1. The summed E-state index contributed by atoms with van der Waals surface area (Å²) < 4.78 is 16.1. The molecule has 6 heterocycles. The standard InChI is InChI=1S/C31H43N7O2/c1-21(2)38-31(32-22(3)34-38)27-20-36-15-18-40-29-19-25(6-7-26(29)30(36)33-27)37-12-4-5-28(37)23-8-13-35(14-9-23)24-10-16-39-17-11-24/h6-7,19-21,23-24,28H,4-5,8-18H2,1-3H3. The summed E-state index contributed by atoms with van der Waals surface area (Å²) in [6.07, 6.45) is 9.68. The zero-order chi connectivity index (χ0) is 27.2. The van der Waals surface area contributed by atoms with E-state index in [9.17, 15) is 0 Å². The lowest BCUT2D eigenvalue weighted by Gasteiger charge is -2.42. The molecule has 0 saturated carbocycles. The molecule has 214 valence electrons. The minimum Gasteiger partial charge on any atom is -0.491 e. The molecule has 1 atom stereocenters. The summed E-state index contributed by atoms with van der Waals surface area (Å²) in [6.45, 7) is 13.1. The van der Waals surface area contributed by atoms with Crippen LogP contribution in [0.4, 0.5) is 5.69 Å². The van der Waals surface area contributed by atoms with Crippen molar-refractivity contribution in [1.29, 1.82) is 0 Å². The molecule has 7 rings (SSSR count). The lowest BCUT2D eigenvalue weighted by Crippen LogP contribution is -2.47. The molecule has 40 heavy (non-hydrogen) atoms. The summed E-state index contributed by atoms with van der Waals surface area (Å²) >= 11 is 0. The van der Waals surface area contributed by atoms with Crippen molar-refractivity contribution >= 4 is 5.69 Å². The van der Waals surface area contributed by atoms with Crippen LogP contribution in [0.3, 0.4) is 0 Å². The van der Waals surface area contributed by atoms with Gasteiger partial charge in [0.15, 0.2) is 5.82 Å². The summed E-state index contributed by atoms with van der Waals surface area (Å²) in [4.78, 5) is 15.2. The third-order valence-corrected chi connectivity index (χ3v) is 9.48. The molecule has 0 amide bonds. The number of fused-ring (bicyclic) bond motifs is 3. The minimum absolute atomic E-state index is 0.221. The number of nitrogens with zero attached hydrogens (tertiary/aromatic N) is 7. The highest BCUT2D eigenvalue weighted by atomic mass is 16.5. The maximum absolute atomic E-state index is 6.33. The molecule has 2 aromatic heterocycles. The van der Waals surface area contributed by atoms with Crippen LogP contribution in [0.15, 0.2) is 24.4 Å². The van der Waals surface area contributed by atoms with Gasteiger partial charge in [-0.05, 0) is 90.4 Å². The van der Waals surface area contributed by atoms with Gasteiger partial charge in [-0.1, -0.05) is 0 Å². The summed E-state index contributed by atoms with van der Waals surface area (Å²) in [7, 11) is 0. The van der Waals surface area contributed by atoms with Gasteiger partial charge in [0, 0.05) is 55.8 Å². The Morgan fingerprint density at radius 3 is 2.52 bits per heavy atom. The SMILES string of the molecule is Cc1nc(-c2cn3c(n2)-c2ccc(N4CCCC4C4CCN(C5CCOCC5)CC4)cc2OCC3)n(C(C)C)n1. The lowest BCUT2D eigenvalue weighted by molar-refractivity contribution is 0.0194. The van der Waals surface area contributed by atoms with Crippen molar-refractivity contribution in [1.82, 2.24) is 29.2 Å². The van der Waals surface area contributed by atoms with Crippen LogP contribution in [-0.4, -0.2) is 80.8 Å². The van der Waals surface area contributed by atoms with Gasteiger partial charge in [0.1, 0.15) is 29.7 Å². The minimum atomic E-state index is 0.221. The molecule has 1 unspecified atom stereocenters. The maximum Gasteiger partial charge on any atom is 0.178 e. The summed E-state index contributed by atoms with van der Waals surface area (Å²) in [6, 6.07) is 8.37. The molecule has 0 radical (unpaired) electrons. The first-order chi connectivity index (χ1) is 19.5. The van der Waals surface area contributed by atoms with Crippen LogP contribution < -0.4 is 9.64 Å². The first-order valence-corrected chi connectivity index (χ1v) is 15.4. The van der Waals surface area contributed by atoms with Crippen LogP contribution >= 0.6 is 0 Å². The maximum atomic E-state index is 6.33. The van der Waals surface area contributed by atoms with Crippen molar-refractivity contribution < 1.29 is 9.47 Å². The van der Waals surface area contributed by atoms with Gasteiger partial charge < -0.3 is 23.8 Å². The Morgan fingerprint density at radius 2 is 1.73 bits per heavy atom. The van der Waals surface area contributed by atoms with Crippen LogP contribution in [0.2, 0.25) is 0 Å². The van der Waals surface area contributed by atoms with E-state index in [-0.39, 0.29) is 6.04 Å². The average Bonchev–Trinajstić information content (AvgIpc) is 3.70. The number of ether oxygens (including phenoxy) is 2. The van der Waals surface area contributed by atoms with Gasteiger partial charge in [-0.15, -0.1) is 0 Å². The number of hydrogen-bond donors (Lipinski definition) is 0. The first kappa shape index (κ1) is 26.0. The summed E-state index contributed by atoms with van der Waals surface area (Å²) in [5.41, 5.74) is 3.22. The third kappa shape index (κ3) is 4.81. The first-order valence-electron chi connectivity index (χ1n) is 15.4. The number of benzene rings is 1. The van der Waals surface area contributed by atoms with Gasteiger partial charge in [-0.3, -0.25) is 0 Å². The highest BCUT2D eigenvalue weighted by Gasteiger charge is 2.36. The van der Waals surface area contributed by atoms with Gasteiger partial charge in [0.05, 0.1) is 12.1 Å². The number of hydrogen-bond acceptors (Lipinski definition) is 7. The van der Waals surface area contributed by atoms with Crippen LogP contribution in [0.5, 0.6) is 5.75 Å². The molecular formula is C31H43N7O2. The smallest absolute Gasteiger partial charge is 0.178 e. The third-order valence-electron chi connectivity index (χ3n) is 9.48. The van der Waals surface area contributed by atoms with E-state index in [1.54, 1.807) is 0 Å². The fourth-order valence-electron chi connectivity index (χ4n) is 7.44. The molecule has 9 heteroatoms. The average molecular weight is 546 g/mol. The van der Waals surface area contributed by atoms with E-state index in [1.165, 1.54) is 57.3 Å². The predicted molar refractivity (Wildman–Crippen MR) is 156 cm³/mol. The normalized spacial score (nSPS) is 22.8. The second kappa shape index (κ2) is 10.8. The van der Waals surface area contributed by atoms with E-state index >= 15 is 0 Å². The topological polar surface area (TPSA) is 73.5 Å². The van der Waals surface area contributed by atoms with Crippen molar-refractivity contribution in [2.24, 2.45) is 5.92 Å². The Morgan fingerprint density at radius 1 is 0.900 bits per heavy atom. The molecule has 0 bridgehead atoms. The van der Waals surface area contributed by atoms with E-state index in [0.717, 1.165) is 72.7 Å². The van der Waals surface area contributed by atoms with E-state index in [0.29, 0.717) is 12.6 Å². The number of likely N-dealkylation sites (tertiary alicyclic amines) is 1. The van der Waals surface area contributed by atoms with Crippen molar-refractivity contribution in [2.75, 3.05) is 44.4 Å². The molecule has 3 fully saturated rings. The Labute approximate surface area is 237 Å². The van der Waals surface area contributed by atoms with Gasteiger partial charge >= 0.3 is 0 Å². The van der Waals surface area contributed by atoms with Crippen LogP contribution in [0.25, 0.3) is 22.9 Å². The van der Waals surface area contributed by atoms with E-state index < -0.39 is 0 Å². The molecule has 0 N–H and O–H groups in total. The molecule has 4 aliphatic rings. The molecule has 9 nitrogen and oxygen atoms in total. The molecular weight excluding hydrogens is 502 g/mol. The predicted octanol–water partition coefficient (Wildman–Crippen LogP) is 4.95. The highest BCUT2D eigenvalue weighted by Crippen LogP contribution is 2.40. The van der Waals surface area contributed by atoms with Crippen LogP contribution in [0, 0.1) is 12.8 Å². The fraction of sp³-hybridized carbons (Fsp3) is 0.645. The Kier molecular flexibility index (Phi) is 7.04. The van der Waals surface area contributed by atoms with Gasteiger partial charge in [0.25, 0.3) is 0 Å². The van der Waals surface area contributed by atoms with Crippen molar-refractivity contribution in [3.8, 4) is 28.7 Å². The summed E-state index contributed by atoms with van der Waals surface area (Å²) in [5.74, 6) is 4.25. The monoisotopic (exact) mass is 545 g/mol. The Hall–Kier alpha value is -2.91. The zero-order valence-electron chi connectivity index (χ0n) is 24.3. The van der Waals surface area contributed by atoms with Gasteiger partial charge in [-0.25, -0.2) is 14.6 Å². The van der Waals surface area contributed by atoms with Crippen molar-refractivity contribution in [3.05, 3.63) is 30.2 Å². The second-order valence-electron chi connectivity index (χ2n) is 12.3. The highest BCUT2D eigenvalue weighted by molar-refractivity contribution is 5.72. The van der Waals surface area contributed by atoms with Crippen molar-refractivity contribution in [2.45, 2.75) is 84.0 Å². The Balaban J connectivity index is 1.11. The van der Waals surface area contributed by atoms with E-state index in [2.05, 4.69) is 57.7 Å². The molecule has 0 spiro atoms. The zero-order valence-corrected chi connectivity index (χ0v) is 24.3. The second-order valence-corrected chi connectivity index (χ2v) is 12.3. The number of aryl methyl sites for hydroxylation is 1. The Bertz CT molecular complexity index is 1330. The lowest BCUT2D eigenvalue weighted by atomic mass is 9.86. The number of rotatable bonds is 5. The van der Waals surface area contributed by atoms with Gasteiger partial charge in [-0.2, -0.15) is 5.10 Å². The number of anilines is 1. The van der Waals surface area contributed by atoms with Crippen LogP contribution in [-0.2, 0) is 11.3 Å². The van der Waals surface area contributed by atoms with Crippen molar-refractivity contribution in [3.63, 3.8) is 0 Å². The molecule has 3 aromatic rings. The molecule has 0 aliphatic carbocycles. The fourth-order valence-corrected chi connectivity index (χ4v) is 7.44. The van der Waals surface area contributed by atoms with Crippen LogP contribution in [0.1, 0.15) is 64.2 Å². The molecule has 3 saturated heterocycles. The van der Waals surface area contributed by atoms with E-state index in [4.69, 9.17) is 19.4 Å². The number of aromatic nitrogens is 5. The molecule has 4 aliphatic heterocycles.